The summed E-state index contributed by atoms with van der Waals surface area (Å²) < 4.78 is 31.6. The first-order valence-electron chi connectivity index (χ1n) is 9.89. The second kappa shape index (κ2) is 20.1. The van der Waals surface area contributed by atoms with Gasteiger partial charge in [-0.15, -0.1) is 0 Å². The van der Waals surface area contributed by atoms with Crippen molar-refractivity contribution in [1.82, 2.24) is 0 Å². The van der Waals surface area contributed by atoms with Crippen molar-refractivity contribution in [2.75, 3.05) is 6.54 Å². The molecule has 0 radical (unpaired) electrons. The number of aliphatic hydroxyl groups is 1. The molecule has 154 valence electrons. The maximum atomic E-state index is 9.32. The first kappa shape index (κ1) is 27.0. The second-order valence-corrected chi connectivity index (χ2v) is 7.62. The van der Waals surface area contributed by atoms with Crippen LogP contribution in [0.25, 0.3) is 0 Å². The van der Waals surface area contributed by atoms with Gasteiger partial charge >= 0.3 is 10.4 Å². The van der Waals surface area contributed by atoms with E-state index in [1.807, 2.05) is 0 Å². The van der Waals surface area contributed by atoms with Crippen LogP contribution in [-0.2, 0) is 10.4 Å². The van der Waals surface area contributed by atoms with Gasteiger partial charge in [0.25, 0.3) is 0 Å². The van der Waals surface area contributed by atoms with Gasteiger partial charge in [0.05, 0.1) is 6.10 Å². The summed E-state index contributed by atoms with van der Waals surface area (Å²) in [6.45, 7) is 2.69. The SMILES string of the molecule is CCCCCCCCCCCCCCCCC(O)CN.O=S(=O)(O)O. The van der Waals surface area contributed by atoms with Crippen LogP contribution in [0.15, 0.2) is 0 Å². The van der Waals surface area contributed by atoms with Crippen LogP contribution < -0.4 is 5.73 Å². The fourth-order valence-corrected chi connectivity index (χ4v) is 2.69. The van der Waals surface area contributed by atoms with E-state index in [1.54, 1.807) is 0 Å². The molecule has 0 fully saturated rings. The third-order valence-corrected chi connectivity index (χ3v) is 4.16. The molecule has 0 aliphatic rings. The predicted molar refractivity (Wildman–Crippen MR) is 104 cm³/mol. The Morgan fingerprint density at radius 3 is 1.28 bits per heavy atom. The van der Waals surface area contributed by atoms with E-state index in [-0.39, 0.29) is 6.10 Å². The largest absolute Gasteiger partial charge is 0.394 e. The fourth-order valence-electron chi connectivity index (χ4n) is 2.69. The summed E-state index contributed by atoms with van der Waals surface area (Å²) in [6.07, 6.45) is 19.9. The third kappa shape index (κ3) is 35.7. The summed E-state index contributed by atoms with van der Waals surface area (Å²) in [5.74, 6) is 0. The highest BCUT2D eigenvalue weighted by atomic mass is 32.3. The minimum atomic E-state index is -4.67. The third-order valence-electron chi connectivity index (χ3n) is 4.16. The summed E-state index contributed by atoms with van der Waals surface area (Å²) in [4.78, 5) is 0. The minimum absolute atomic E-state index is 0.271. The second-order valence-electron chi connectivity index (χ2n) is 6.72. The zero-order chi connectivity index (χ0) is 19.4. The van der Waals surface area contributed by atoms with E-state index in [1.165, 1.54) is 83.5 Å². The Morgan fingerprint density at radius 2 is 1.00 bits per heavy atom. The number of hydrogen-bond acceptors (Lipinski definition) is 4. The molecule has 0 heterocycles. The highest BCUT2D eigenvalue weighted by Crippen LogP contribution is 2.13. The van der Waals surface area contributed by atoms with Crippen molar-refractivity contribution in [2.24, 2.45) is 5.73 Å². The van der Waals surface area contributed by atoms with Crippen molar-refractivity contribution in [3.63, 3.8) is 0 Å². The normalized spacial score (nSPS) is 12.5. The molecular weight excluding hydrogens is 342 g/mol. The molecule has 7 heteroatoms. The molecule has 0 bridgehead atoms. The quantitative estimate of drug-likeness (QED) is 0.230. The first-order chi connectivity index (χ1) is 11.8. The summed E-state index contributed by atoms with van der Waals surface area (Å²) in [7, 11) is -4.67. The summed E-state index contributed by atoms with van der Waals surface area (Å²) in [5.41, 5.74) is 5.38. The lowest BCUT2D eigenvalue weighted by molar-refractivity contribution is 0.168. The van der Waals surface area contributed by atoms with E-state index in [2.05, 4.69) is 6.92 Å². The Labute approximate surface area is 155 Å². The van der Waals surface area contributed by atoms with Gasteiger partial charge in [-0.1, -0.05) is 96.8 Å². The molecule has 0 spiro atoms. The Bertz CT molecular complexity index is 341. The van der Waals surface area contributed by atoms with E-state index in [9.17, 15) is 5.11 Å². The zero-order valence-corrected chi connectivity index (χ0v) is 16.9. The lowest BCUT2D eigenvalue weighted by Crippen LogP contribution is -2.19. The molecule has 0 aliphatic heterocycles. The number of rotatable bonds is 16. The molecule has 0 saturated carbocycles. The molecule has 0 rings (SSSR count). The summed E-state index contributed by atoms with van der Waals surface area (Å²) in [5, 5.41) is 9.32. The van der Waals surface area contributed by atoms with Gasteiger partial charge < -0.3 is 10.8 Å². The van der Waals surface area contributed by atoms with E-state index in [4.69, 9.17) is 23.3 Å². The topological polar surface area (TPSA) is 121 Å². The van der Waals surface area contributed by atoms with Crippen LogP contribution in [0.5, 0.6) is 0 Å². The van der Waals surface area contributed by atoms with Crippen LogP contribution in [0.2, 0.25) is 0 Å². The van der Waals surface area contributed by atoms with E-state index < -0.39 is 10.4 Å². The number of nitrogens with two attached hydrogens (primary N) is 1. The maximum Gasteiger partial charge on any atom is 0.394 e. The predicted octanol–water partition coefficient (Wildman–Crippen LogP) is 4.52. The van der Waals surface area contributed by atoms with Crippen molar-refractivity contribution < 1.29 is 22.6 Å². The average molecular weight is 384 g/mol. The lowest BCUT2D eigenvalue weighted by atomic mass is 10.0. The Kier molecular flexibility index (Phi) is 21.7. The van der Waals surface area contributed by atoms with Crippen LogP contribution in [0, 0.1) is 0 Å². The Balaban J connectivity index is 0. The monoisotopic (exact) mass is 383 g/mol. The zero-order valence-electron chi connectivity index (χ0n) is 16.0. The number of hydrogen-bond donors (Lipinski definition) is 4. The highest BCUT2D eigenvalue weighted by Gasteiger charge is 1.99. The van der Waals surface area contributed by atoms with Crippen molar-refractivity contribution in [2.45, 2.75) is 109 Å². The van der Waals surface area contributed by atoms with Crippen LogP contribution in [0.3, 0.4) is 0 Å². The van der Waals surface area contributed by atoms with Gasteiger partial charge in [-0.25, -0.2) is 0 Å². The molecule has 1 unspecified atom stereocenters. The van der Waals surface area contributed by atoms with Crippen molar-refractivity contribution >= 4 is 10.4 Å². The highest BCUT2D eigenvalue weighted by molar-refractivity contribution is 7.79. The van der Waals surface area contributed by atoms with E-state index in [0.717, 1.165) is 12.8 Å². The van der Waals surface area contributed by atoms with Gasteiger partial charge in [0.1, 0.15) is 0 Å². The van der Waals surface area contributed by atoms with Crippen LogP contribution >= 0.6 is 0 Å². The first-order valence-corrected chi connectivity index (χ1v) is 11.3. The van der Waals surface area contributed by atoms with Gasteiger partial charge in [0.2, 0.25) is 0 Å². The van der Waals surface area contributed by atoms with Crippen molar-refractivity contribution in [3.8, 4) is 0 Å². The smallest absolute Gasteiger partial charge is 0.392 e. The van der Waals surface area contributed by atoms with Crippen molar-refractivity contribution in [3.05, 3.63) is 0 Å². The van der Waals surface area contributed by atoms with Crippen LogP contribution in [0.1, 0.15) is 103 Å². The summed E-state index contributed by atoms with van der Waals surface area (Å²) >= 11 is 0. The Morgan fingerprint density at radius 1 is 0.720 bits per heavy atom. The lowest BCUT2D eigenvalue weighted by Gasteiger charge is -2.06. The van der Waals surface area contributed by atoms with Crippen LogP contribution in [-0.4, -0.2) is 35.3 Å². The molecule has 0 aliphatic carbocycles. The molecule has 1 atom stereocenters. The van der Waals surface area contributed by atoms with Gasteiger partial charge in [0, 0.05) is 6.54 Å². The number of unbranched alkanes of at least 4 members (excludes halogenated alkanes) is 13. The van der Waals surface area contributed by atoms with Gasteiger partial charge in [0.15, 0.2) is 0 Å². The molecule has 0 amide bonds. The molecule has 5 N–H and O–H groups in total. The standard InChI is InChI=1S/C18H39NO.H2O4S/c1-2-3-4-5-6-7-8-9-10-11-12-13-14-15-16-18(20)17-19;1-5(2,3)4/h18,20H,2-17,19H2,1H3;(H2,1,2,3,4). The fraction of sp³-hybridized carbons (Fsp3) is 1.00. The summed E-state index contributed by atoms with van der Waals surface area (Å²) in [6, 6.07) is 0. The molecule has 6 nitrogen and oxygen atoms in total. The van der Waals surface area contributed by atoms with Crippen molar-refractivity contribution in [1.29, 1.82) is 0 Å². The molecule has 0 aromatic rings. The average Bonchev–Trinajstić information content (AvgIpc) is 2.53. The van der Waals surface area contributed by atoms with Gasteiger partial charge in [-0.3, -0.25) is 9.11 Å². The molecule has 0 saturated heterocycles. The minimum Gasteiger partial charge on any atom is -0.392 e. The van der Waals surface area contributed by atoms with Gasteiger partial charge in [-0.2, -0.15) is 8.42 Å². The molecular formula is C18H41NO5S. The Hall–Kier alpha value is -0.210. The van der Waals surface area contributed by atoms with E-state index in [0.29, 0.717) is 6.54 Å². The van der Waals surface area contributed by atoms with Gasteiger partial charge in [-0.05, 0) is 6.42 Å². The molecule has 0 aromatic carbocycles. The molecule has 0 aromatic heterocycles. The van der Waals surface area contributed by atoms with Crippen LogP contribution in [0.4, 0.5) is 0 Å². The van der Waals surface area contributed by atoms with E-state index >= 15 is 0 Å². The number of aliphatic hydroxyl groups excluding tert-OH is 1. The molecule has 25 heavy (non-hydrogen) atoms. The maximum absolute atomic E-state index is 9.32.